The molecular weight excluding hydrogens is 346 g/mol. The number of hydrogen-bond acceptors (Lipinski definition) is 6. The minimum absolute atomic E-state index is 0.0599. The molecule has 0 aliphatic carbocycles. The van der Waals surface area contributed by atoms with Gasteiger partial charge in [-0.25, -0.2) is 13.1 Å². The second kappa shape index (κ2) is 6.36. The number of benzene rings is 2. The van der Waals surface area contributed by atoms with Gasteiger partial charge in [-0.15, -0.1) is 0 Å². The van der Waals surface area contributed by atoms with Crippen LogP contribution in [0.5, 0.6) is 0 Å². The van der Waals surface area contributed by atoms with Gasteiger partial charge in [0.1, 0.15) is 0 Å². The Labute approximate surface area is 143 Å². The van der Waals surface area contributed by atoms with E-state index in [1.807, 2.05) is 31.2 Å². The molecule has 1 N–H and O–H groups in total. The first-order valence-electron chi connectivity index (χ1n) is 7.16. The Bertz CT molecular complexity index is 1030. The van der Waals surface area contributed by atoms with Gasteiger partial charge in [-0.05, 0) is 18.6 Å². The fourth-order valence-electron chi connectivity index (χ4n) is 2.20. The van der Waals surface area contributed by atoms with Gasteiger partial charge in [0, 0.05) is 12.1 Å². The van der Waals surface area contributed by atoms with Crippen LogP contribution in [0.4, 0.5) is 11.6 Å². The van der Waals surface area contributed by atoms with Gasteiger partial charge in [0.05, 0.1) is 21.6 Å². The van der Waals surface area contributed by atoms with Gasteiger partial charge in [-0.1, -0.05) is 41.1 Å². The van der Waals surface area contributed by atoms with E-state index in [0.717, 1.165) is 17.2 Å². The van der Waals surface area contributed by atoms with Gasteiger partial charge in [0.25, 0.3) is 15.7 Å². The number of non-ortho nitro benzene ring substituents is 1. The highest BCUT2D eigenvalue weighted by molar-refractivity contribution is 7.92. The van der Waals surface area contributed by atoms with Gasteiger partial charge >= 0.3 is 0 Å². The van der Waals surface area contributed by atoms with Gasteiger partial charge in [0.15, 0.2) is 0 Å². The van der Waals surface area contributed by atoms with Crippen LogP contribution in [-0.4, -0.2) is 18.5 Å². The van der Waals surface area contributed by atoms with Crippen LogP contribution in [0.15, 0.2) is 64.1 Å². The first-order chi connectivity index (χ1) is 11.9. The molecule has 3 aromatic rings. The van der Waals surface area contributed by atoms with Crippen molar-refractivity contribution in [2.24, 2.45) is 0 Å². The number of nitrogens with zero attached hydrogens (tertiary/aromatic N) is 2. The monoisotopic (exact) mass is 359 g/mol. The van der Waals surface area contributed by atoms with Crippen molar-refractivity contribution >= 4 is 21.6 Å². The van der Waals surface area contributed by atoms with Crippen LogP contribution >= 0.6 is 0 Å². The van der Waals surface area contributed by atoms with Gasteiger partial charge in [0.2, 0.25) is 5.88 Å². The fraction of sp³-hybridized carbons (Fsp3) is 0.0625. The predicted octanol–water partition coefficient (Wildman–Crippen LogP) is 3.36. The maximum atomic E-state index is 12.5. The largest absolute Gasteiger partial charge is 0.337 e. The van der Waals surface area contributed by atoms with Crippen LogP contribution in [0.1, 0.15) is 5.56 Å². The molecule has 0 saturated heterocycles. The third kappa shape index (κ3) is 3.50. The second-order valence-corrected chi connectivity index (χ2v) is 6.98. The van der Waals surface area contributed by atoms with E-state index in [1.165, 1.54) is 24.4 Å². The molecule has 0 aliphatic heterocycles. The summed E-state index contributed by atoms with van der Waals surface area (Å²) in [6.07, 6.45) is 1.40. The molecule has 0 saturated carbocycles. The minimum Gasteiger partial charge on any atom is -0.337 e. The third-order valence-corrected chi connectivity index (χ3v) is 4.83. The molecule has 25 heavy (non-hydrogen) atoms. The molecule has 0 aliphatic rings. The van der Waals surface area contributed by atoms with E-state index >= 15 is 0 Å². The lowest BCUT2D eigenvalue weighted by Crippen LogP contribution is -2.13. The summed E-state index contributed by atoms with van der Waals surface area (Å²) in [6.45, 7) is 1.93. The van der Waals surface area contributed by atoms with Gasteiger partial charge in [-0.3, -0.25) is 10.1 Å². The lowest BCUT2D eigenvalue weighted by molar-refractivity contribution is -0.385. The SMILES string of the molecule is Cc1ccc(-c2cnoc2NS(=O)(=O)c2cccc([N+](=O)[O-])c2)cc1. The number of aryl methyl sites for hydroxylation is 1. The van der Waals surface area contributed by atoms with Crippen LogP contribution in [0.25, 0.3) is 11.1 Å². The zero-order valence-corrected chi connectivity index (χ0v) is 13.9. The highest BCUT2D eigenvalue weighted by atomic mass is 32.2. The molecule has 0 radical (unpaired) electrons. The molecular formula is C16H13N3O5S. The van der Waals surface area contributed by atoms with Crippen LogP contribution in [-0.2, 0) is 10.0 Å². The normalized spacial score (nSPS) is 11.2. The summed E-state index contributed by atoms with van der Waals surface area (Å²) in [6, 6.07) is 12.1. The predicted molar refractivity (Wildman–Crippen MR) is 90.6 cm³/mol. The van der Waals surface area contributed by atoms with Crippen LogP contribution in [0, 0.1) is 17.0 Å². The number of sulfonamides is 1. The number of nitro groups is 1. The maximum Gasteiger partial charge on any atom is 0.270 e. The lowest BCUT2D eigenvalue weighted by atomic mass is 10.1. The Kier molecular flexibility index (Phi) is 4.24. The number of anilines is 1. The quantitative estimate of drug-likeness (QED) is 0.552. The molecule has 1 aromatic heterocycles. The molecule has 1 heterocycles. The Balaban J connectivity index is 1.95. The second-order valence-electron chi connectivity index (χ2n) is 5.29. The van der Waals surface area contributed by atoms with Crippen molar-refractivity contribution in [2.45, 2.75) is 11.8 Å². The molecule has 2 aromatic carbocycles. The summed E-state index contributed by atoms with van der Waals surface area (Å²) in [7, 11) is -4.07. The summed E-state index contributed by atoms with van der Waals surface area (Å²) >= 11 is 0. The molecule has 0 atom stereocenters. The number of hydrogen-bond donors (Lipinski definition) is 1. The minimum atomic E-state index is -4.07. The summed E-state index contributed by atoms with van der Waals surface area (Å²) < 4.78 is 32.3. The highest BCUT2D eigenvalue weighted by Gasteiger charge is 2.21. The molecule has 0 bridgehead atoms. The topological polar surface area (TPSA) is 115 Å². The first kappa shape index (κ1) is 16.7. The molecule has 8 nitrogen and oxygen atoms in total. The van der Waals surface area contributed by atoms with Crippen molar-refractivity contribution in [3.05, 3.63) is 70.4 Å². The molecule has 0 unspecified atom stereocenters. The van der Waals surface area contributed by atoms with E-state index in [9.17, 15) is 18.5 Å². The van der Waals surface area contributed by atoms with Crippen molar-refractivity contribution in [3.63, 3.8) is 0 Å². The molecule has 0 fully saturated rings. The van der Waals surface area contributed by atoms with Crippen molar-refractivity contribution in [1.29, 1.82) is 0 Å². The maximum absolute atomic E-state index is 12.5. The summed E-state index contributed by atoms with van der Waals surface area (Å²) in [5.74, 6) is -0.0599. The average molecular weight is 359 g/mol. The van der Waals surface area contributed by atoms with Crippen molar-refractivity contribution in [1.82, 2.24) is 5.16 Å². The zero-order chi connectivity index (χ0) is 18.0. The van der Waals surface area contributed by atoms with Crippen LogP contribution < -0.4 is 4.72 Å². The summed E-state index contributed by atoms with van der Waals surface area (Å²) in [5.41, 5.74) is 1.93. The number of nitro benzene ring substituents is 1. The Morgan fingerprint density at radius 2 is 1.88 bits per heavy atom. The van der Waals surface area contributed by atoms with E-state index < -0.39 is 14.9 Å². The van der Waals surface area contributed by atoms with E-state index in [4.69, 9.17) is 4.52 Å². The third-order valence-electron chi connectivity index (χ3n) is 3.50. The van der Waals surface area contributed by atoms with E-state index in [1.54, 1.807) is 0 Å². The van der Waals surface area contributed by atoms with Crippen molar-refractivity contribution < 1.29 is 17.9 Å². The van der Waals surface area contributed by atoms with Crippen molar-refractivity contribution in [2.75, 3.05) is 4.72 Å². The van der Waals surface area contributed by atoms with E-state index in [0.29, 0.717) is 5.56 Å². The van der Waals surface area contributed by atoms with Crippen molar-refractivity contribution in [3.8, 4) is 11.1 Å². The zero-order valence-electron chi connectivity index (χ0n) is 13.0. The fourth-order valence-corrected chi connectivity index (χ4v) is 3.24. The standard InChI is InChI=1S/C16H13N3O5S/c1-11-5-7-12(8-6-11)15-10-17-24-16(15)18-25(22,23)14-4-2-3-13(9-14)19(20)21/h2-10,18H,1H3. The number of rotatable bonds is 5. The van der Waals surface area contributed by atoms with Gasteiger partial charge < -0.3 is 4.52 Å². The molecule has 128 valence electrons. The van der Waals surface area contributed by atoms with Crippen LogP contribution in [0.3, 0.4) is 0 Å². The van der Waals surface area contributed by atoms with E-state index in [-0.39, 0.29) is 16.5 Å². The van der Waals surface area contributed by atoms with E-state index in [2.05, 4.69) is 9.88 Å². The lowest BCUT2D eigenvalue weighted by Gasteiger charge is -2.07. The summed E-state index contributed by atoms with van der Waals surface area (Å²) in [4.78, 5) is 9.92. The summed E-state index contributed by atoms with van der Waals surface area (Å²) in [5, 5.41) is 14.5. The average Bonchev–Trinajstić information content (AvgIpc) is 3.03. The molecule has 9 heteroatoms. The first-order valence-corrected chi connectivity index (χ1v) is 8.64. The Morgan fingerprint density at radius 1 is 1.16 bits per heavy atom. The smallest absolute Gasteiger partial charge is 0.270 e. The van der Waals surface area contributed by atoms with Crippen LogP contribution in [0.2, 0.25) is 0 Å². The Hall–Kier alpha value is -3.20. The molecule has 0 spiro atoms. The van der Waals surface area contributed by atoms with Gasteiger partial charge in [-0.2, -0.15) is 0 Å². The number of aromatic nitrogens is 1. The number of nitrogens with one attached hydrogen (secondary N) is 1. The molecule has 0 amide bonds. The Morgan fingerprint density at radius 3 is 2.56 bits per heavy atom. The molecule has 3 rings (SSSR count). The highest BCUT2D eigenvalue weighted by Crippen LogP contribution is 2.30.